The summed E-state index contributed by atoms with van der Waals surface area (Å²) in [4.78, 5) is 19.0. The minimum atomic E-state index is 0.475. The van der Waals surface area contributed by atoms with Crippen LogP contribution in [0.1, 0.15) is 11.1 Å². The molecular weight excluding hydrogens is 502 g/mol. The summed E-state index contributed by atoms with van der Waals surface area (Å²) in [5.74, 6) is 0.937. The lowest BCUT2D eigenvalue weighted by molar-refractivity contribution is 0.249. The van der Waals surface area contributed by atoms with Crippen molar-refractivity contribution in [3.63, 3.8) is 0 Å². The molecule has 1 aromatic carbocycles. The molecule has 11 nitrogen and oxygen atoms in total. The zero-order chi connectivity index (χ0) is 27.2. The average Bonchev–Trinajstić information content (AvgIpc) is 3.71. The summed E-state index contributed by atoms with van der Waals surface area (Å²) in [7, 11) is 3.89. The Morgan fingerprint density at radius 3 is 2.52 bits per heavy atom. The first-order valence-electron chi connectivity index (χ1n) is 13.2. The van der Waals surface area contributed by atoms with Gasteiger partial charge in [-0.05, 0) is 29.8 Å². The Labute approximate surface area is 230 Å². The van der Waals surface area contributed by atoms with Crippen LogP contribution in [0.4, 0.5) is 5.82 Å². The van der Waals surface area contributed by atoms with Crippen molar-refractivity contribution in [2.75, 3.05) is 31.1 Å². The molecule has 0 N–H and O–H groups in total. The number of aryl methyl sites for hydroxylation is 2. The van der Waals surface area contributed by atoms with Crippen molar-refractivity contribution in [3.8, 4) is 28.6 Å². The Balaban J connectivity index is 1.09. The maximum Gasteiger partial charge on any atom is 0.128 e. The Hall–Kier alpha value is -5.08. The molecule has 0 saturated carbocycles. The molecule has 1 fully saturated rings. The number of benzene rings is 1. The van der Waals surface area contributed by atoms with E-state index in [0.717, 1.165) is 66.4 Å². The Bertz CT molecular complexity index is 1880. The number of piperazine rings is 1. The average molecular weight is 530 g/mol. The number of anilines is 1. The molecule has 198 valence electrons. The maximum atomic E-state index is 9.69. The lowest BCUT2D eigenvalue weighted by Crippen LogP contribution is -2.46. The van der Waals surface area contributed by atoms with Gasteiger partial charge in [0.1, 0.15) is 23.0 Å². The van der Waals surface area contributed by atoms with Crippen LogP contribution in [0, 0.1) is 11.3 Å². The molecule has 40 heavy (non-hydrogen) atoms. The third kappa shape index (κ3) is 4.24. The van der Waals surface area contributed by atoms with E-state index in [0.29, 0.717) is 16.8 Å². The number of fused-ring (bicyclic) bond motifs is 2. The van der Waals surface area contributed by atoms with E-state index in [-0.39, 0.29) is 0 Å². The van der Waals surface area contributed by atoms with Gasteiger partial charge in [0.05, 0.1) is 47.3 Å². The van der Waals surface area contributed by atoms with Crippen LogP contribution in [-0.4, -0.2) is 70.0 Å². The molecule has 1 saturated heterocycles. The summed E-state index contributed by atoms with van der Waals surface area (Å²) < 4.78 is 5.49. The van der Waals surface area contributed by atoms with Gasteiger partial charge in [0.25, 0.3) is 0 Å². The summed E-state index contributed by atoms with van der Waals surface area (Å²) in [5.41, 5.74) is 7.73. The van der Waals surface area contributed by atoms with Crippen LogP contribution in [-0.2, 0) is 20.6 Å². The van der Waals surface area contributed by atoms with E-state index in [1.165, 1.54) is 5.56 Å². The molecule has 0 radical (unpaired) electrons. The van der Waals surface area contributed by atoms with Crippen LogP contribution in [0.5, 0.6) is 0 Å². The van der Waals surface area contributed by atoms with Crippen molar-refractivity contribution in [3.05, 3.63) is 78.8 Å². The first-order chi connectivity index (χ1) is 19.6. The van der Waals surface area contributed by atoms with Gasteiger partial charge in [-0.1, -0.05) is 6.07 Å². The number of nitrogens with zero attached hydrogens (tertiary/aromatic N) is 11. The predicted octanol–water partition coefficient (Wildman–Crippen LogP) is 3.27. The van der Waals surface area contributed by atoms with Crippen molar-refractivity contribution in [1.82, 2.24) is 43.8 Å². The third-order valence-corrected chi connectivity index (χ3v) is 7.53. The van der Waals surface area contributed by atoms with Gasteiger partial charge in [-0.25, -0.2) is 19.5 Å². The Morgan fingerprint density at radius 1 is 0.900 bits per heavy atom. The van der Waals surface area contributed by atoms with E-state index in [1.54, 1.807) is 21.6 Å². The Kier molecular flexibility index (Phi) is 5.75. The molecule has 0 amide bonds. The van der Waals surface area contributed by atoms with E-state index in [9.17, 15) is 5.26 Å². The first kappa shape index (κ1) is 24.0. The maximum absolute atomic E-state index is 9.69. The number of imidazole rings is 1. The van der Waals surface area contributed by atoms with Crippen LogP contribution < -0.4 is 4.90 Å². The van der Waals surface area contributed by atoms with Crippen molar-refractivity contribution >= 4 is 22.4 Å². The number of hydrogen-bond donors (Lipinski definition) is 0. The summed E-state index contributed by atoms with van der Waals surface area (Å²) >= 11 is 0. The summed E-state index contributed by atoms with van der Waals surface area (Å²) in [6.45, 7) is 4.63. The minimum Gasteiger partial charge on any atom is -0.354 e. The third-order valence-electron chi connectivity index (χ3n) is 7.53. The normalized spacial score (nSPS) is 14.3. The smallest absolute Gasteiger partial charge is 0.128 e. The molecule has 0 spiro atoms. The largest absolute Gasteiger partial charge is 0.354 e. The van der Waals surface area contributed by atoms with Crippen molar-refractivity contribution in [2.24, 2.45) is 14.1 Å². The second-order valence-electron chi connectivity index (χ2n) is 10.2. The fraction of sp³-hybridized carbons (Fsp3) is 0.241. The van der Waals surface area contributed by atoms with Gasteiger partial charge < -0.3 is 9.47 Å². The van der Waals surface area contributed by atoms with Gasteiger partial charge in [-0.3, -0.25) is 9.58 Å². The van der Waals surface area contributed by atoms with Crippen LogP contribution in [0.25, 0.3) is 39.1 Å². The summed E-state index contributed by atoms with van der Waals surface area (Å²) in [6, 6.07) is 12.8. The minimum absolute atomic E-state index is 0.475. The van der Waals surface area contributed by atoms with Gasteiger partial charge in [-0.2, -0.15) is 15.5 Å². The molecule has 0 atom stereocenters. The number of hydrogen-bond acceptors (Lipinski definition) is 8. The number of rotatable bonds is 5. The molecule has 1 aliphatic heterocycles. The molecule has 6 aromatic rings. The fourth-order valence-corrected chi connectivity index (χ4v) is 5.38. The molecule has 11 heteroatoms. The van der Waals surface area contributed by atoms with Crippen LogP contribution in [0.2, 0.25) is 0 Å². The van der Waals surface area contributed by atoms with Crippen LogP contribution >= 0.6 is 0 Å². The molecule has 1 aliphatic rings. The highest BCUT2D eigenvalue weighted by atomic mass is 15.3. The Morgan fingerprint density at radius 2 is 1.77 bits per heavy atom. The summed E-state index contributed by atoms with van der Waals surface area (Å²) in [5, 5.41) is 18.4. The van der Waals surface area contributed by atoms with Gasteiger partial charge in [0.2, 0.25) is 0 Å². The monoisotopic (exact) mass is 529 g/mol. The van der Waals surface area contributed by atoms with E-state index in [4.69, 9.17) is 9.97 Å². The first-order valence-corrected chi connectivity index (χ1v) is 13.2. The molecule has 6 heterocycles. The van der Waals surface area contributed by atoms with E-state index >= 15 is 0 Å². The standard InChI is InChI=1S/C29H27N11/c1-36-19-32-24-11-20(3-5-26(24)36)16-38-7-9-39(10-8-38)27-6-4-21(13-31-27)28-29-22(12-30)14-34-40(29)18-25(35-28)23-15-33-37(2)17-23/h3-6,11,13-15,17-19H,7-10,16H2,1-2H3. The SMILES string of the molecule is Cn1cc(-c2cn3ncc(C#N)c3c(-c3ccc(N4CCN(Cc5ccc6c(c5)ncn6C)CC4)nc3)n2)cn1. The number of pyridine rings is 1. The molecular formula is C29H27N11. The van der Waals surface area contributed by atoms with Crippen LogP contribution in [0.3, 0.4) is 0 Å². The molecule has 0 unspecified atom stereocenters. The highest BCUT2D eigenvalue weighted by Crippen LogP contribution is 2.29. The van der Waals surface area contributed by atoms with Gasteiger partial charge in [-0.15, -0.1) is 0 Å². The van der Waals surface area contributed by atoms with Crippen LogP contribution in [0.15, 0.2) is 67.6 Å². The zero-order valence-corrected chi connectivity index (χ0v) is 22.3. The number of aromatic nitrogens is 8. The van der Waals surface area contributed by atoms with Gasteiger partial charge in [0.15, 0.2) is 0 Å². The van der Waals surface area contributed by atoms with Crippen molar-refractivity contribution < 1.29 is 0 Å². The molecule has 0 aliphatic carbocycles. The lowest BCUT2D eigenvalue weighted by atomic mass is 10.1. The summed E-state index contributed by atoms with van der Waals surface area (Å²) in [6.07, 6.45) is 10.8. The van der Waals surface area contributed by atoms with Gasteiger partial charge in [0, 0.05) is 70.3 Å². The quantitative estimate of drug-likeness (QED) is 0.335. The second kappa shape index (κ2) is 9.59. The zero-order valence-electron chi connectivity index (χ0n) is 22.3. The molecule has 7 rings (SSSR count). The number of nitriles is 1. The highest BCUT2D eigenvalue weighted by Gasteiger charge is 2.20. The molecule has 5 aromatic heterocycles. The predicted molar refractivity (Wildman–Crippen MR) is 151 cm³/mol. The van der Waals surface area contributed by atoms with E-state index in [2.05, 4.69) is 49.2 Å². The van der Waals surface area contributed by atoms with Crippen molar-refractivity contribution in [1.29, 1.82) is 5.26 Å². The second-order valence-corrected chi connectivity index (χ2v) is 10.2. The van der Waals surface area contributed by atoms with Crippen molar-refractivity contribution in [2.45, 2.75) is 6.54 Å². The molecule has 0 bridgehead atoms. The highest BCUT2D eigenvalue weighted by molar-refractivity contribution is 5.83. The van der Waals surface area contributed by atoms with E-state index in [1.807, 2.05) is 55.7 Å². The van der Waals surface area contributed by atoms with E-state index < -0.39 is 0 Å². The lowest BCUT2D eigenvalue weighted by Gasteiger charge is -2.35. The fourth-order valence-electron chi connectivity index (χ4n) is 5.38. The van der Waals surface area contributed by atoms with Gasteiger partial charge >= 0.3 is 0 Å². The topological polar surface area (TPSA) is 109 Å².